The molecule has 1 atom stereocenters. The fourth-order valence-electron chi connectivity index (χ4n) is 2.56. The molecule has 0 aliphatic carbocycles. The van der Waals surface area contributed by atoms with E-state index in [9.17, 15) is 9.59 Å². The predicted molar refractivity (Wildman–Crippen MR) is 77.1 cm³/mol. The summed E-state index contributed by atoms with van der Waals surface area (Å²) in [6.07, 6.45) is 0. The third-order valence-corrected chi connectivity index (χ3v) is 3.97. The van der Waals surface area contributed by atoms with Gasteiger partial charge in [0, 0.05) is 0 Å². The highest BCUT2D eigenvalue weighted by molar-refractivity contribution is 6.30. The van der Waals surface area contributed by atoms with Crippen molar-refractivity contribution in [3.63, 3.8) is 0 Å². The van der Waals surface area contributed by atoms with E-state index in [1.54, 1.807) is 13.0 Å². The summed E-state index contributed by atoms with van der Waals surface area (Å²) in [4.78, 5) is 24.4. The molecule has 0 bridgehead atoms. The van der Waals surface area contributed by atoms with E-state index in [1.807, 2.05) is 31.2 Å². The Morgan fingerprint density at radius 2 is 1.75 bits per heavy atom. The maximum atomic E-state index is 12.3. The summed E-state index contributed by atoms with van der Waals surface area (Å²) in [7, 11) is 0. The van der Waals surface area contributed by atoms with Crippen LogP contribution in [0.3, 0.4) is 0 Å². The number of aromatic nitrogens is 1. The Hall–Kier alpha value is -2.07. The summed E-state index contributed by atoms with van der Waals surface area (Å²) in [6, 6.07) is 10.7. The lowest BCUT2D eigenvalue weighted by atomic mass is 10.0. The molecular formula is C15H13ClN2O2. The molecule has 0 fully saturated rings. The maximum Gasteiger partial charge on any atom is 0.272 e. The van der Waals surface area contributed by atoms with E-state index in [0.29, 0.717) is 5.69 Å². The van der Waals surface area contributed by atoms with Gasteiger partial charge in [-0.1, -0.05) is 41.4 Å². The molecule has 5 heteroatoms. The molecule has 1 aliphatic heterocycles. The highest BCUT2D eigenvalue weighted by Gasteiger charge is 2.41. The SMILES string of the molecule is Cc1ccc(C2(C)NC(=O)c3ccc(Cl)c(=O)n32)cc1. The molecule has 4 nitrogen and oxygen atoms in total. The second-order valence-electron chi connectivity index (χ2n) is 5.10. The Balaban J connectivity index is 2.29. The van der Waals surface area contributed by atoms with Crippen molar-refractivity contribution in [2.45, 2.75) is 19.5 Å². The third kappa shape index (κ3) is 1.68. The van der Waals surface area contributed by atoms with Gasteiger partial charge in [0.05, 0.1) is 0 Å². The minimum Gasteiger partial charge on any atom is -0.324 e. The van der Waals surface area contributed by atoms with E-state index in [-0.39, 0.29) is 16.5 Å². The molecule has 1 amide bonds. The number of nitrogens with zero attached hydrogens (tertiary/aromatic N) is 1. The smallest absolute Gasteiger partial charge is 0.272 e. The second kappa shape index (κ2) is 4.21. The van der Waals surface area contributed by atoms with Crippen molar-refractivity contribution < 1.29 is 4.79 Å². The molecule has 20 heavy (non-hydrogen) atoms. The summed E-state index contributed by atoms with van der Waals surface area (Å²) in [5.41, 5.74) is 0.982. The Labute approximate surface area is 121 Å². The van der Waals surface area contributed by atoms with Crippen LogP contribution in [0, 0.1) is 6.92 Å². The van der Waals surface area contributed by atoms with Gasteiger partial charge in [-0.3, -0.25) is 14.2 Å². The van der Waals surface area contributed by atoms with Crippen molar-refractivity contribution >= 4 is 17.5 Å². The van der Waals surface area contributed by atoms with Crippen molar-refractivity contribution in [2.24, 2.45) is 0 Å². The zero-order valence-electron chi connectivity index (χ0n) is 11.1. The molecule has 3 rings (SSSR count). The Morgan fingerprint density at radius 3 is 2.40 bits per heavy atom. The molecule has 102 valence electrons. The summed E-state index contributed by atoms with van der Waals surface area (Å²) in [6.45, 7) is 3.78. The van der Waals surface area contributed by atoms with E-state index >= 15 is 0 Å². The van der Waals surface area contributed by atoms with Gasteiger partial charge in [0.1, 0.15) is 16.4 Å². The number of carbonyl (C=O) groups is 1. The van der Waals surface area contributed by atoms with Crippen molar-refractivity contribution in [2.75, 3.05) is 0 Å². The van der Waals surface area contributed by atoms with Gasteiger partial charge in [-0.2, -0.15) is 0 Å². The average molecular weight is 289 g/mol. The average Bonchev–Trinajstić information content (AvgIpc) is 2.67. The highest BCUT2D eigenvalue weighted by atomic mass is 35.5. The van der Waals surface area contributed by atoms with Crippen LogP contribution in [0.2, 0.25) is 5.02 Å². The first-order valence-corrected chi connectivity index (χ1v) is 6.63. The molecule has 1 aromatic heterocycles. The minimum absolute atomic E-state index is 0.101. The van der Waals surface area contributed by atoms with E-state index in [1.165, 1.54) is 10.6 Å². The first-order chi connectivity index (χ1) is 9.43. The largest absolute Gasteiger partial charge is 0.324 e. The number of rotatable bonds is 1. The van der Waals surface area contributed by atoms with E-state index in [2.05, 4.69) is 5.32 Å². The summed E-state index contributed by atoms with van der Waals surface area (Å²) in [5, 5.41) is 2.97. The Kier molecular flexibility index (Phi) is 2.73. The van der Waals surface area contributed by atoms with Crippen LogP contribution >= 0.6 is 11.6 Å². The van der Waals surface area contributed by atoms with Crippen molar-refractivity contribution in [1.82, 2.24) is 9.88 Å². The van der Waals surface area contributed by atoms with Gasteiger partial charge in [-0.15, -0.1) is 0 Å². The number of benzene rings is 1. The van der Waals surface area contributed by atoms with Crippen LogP contribution in [-0.2, 0) is 5.66 Å². The first-order valence-electron chi connectivity index (χ1n) is 6.25. The quantitative estimate of drug-likeness (QED) is 0.875. The monoisotopic (exact) mass is 288 g/mol. The van der Waals surface area contributed by atoms with Crippen molar-refractivity contribution in [3.8, 4) is 0 Å². The van der Waals surface area contributed by atoms with Gasteiger partial charge in [-0.25, -0.2) is 0 Å². The predicted octanol–water partition coefficient (Wildman–Crippen LogP) is 2.27. The fourth-order valence-corrected chi connectivity index (χ4v) is 2.70. The van der Waals surface area contributed by atoms with E-state index < -0.39 is 5.66 Å². The zero-order valence-corrected chi connectivity index (χ0v) is 11.9. The molecule has 0 saturated heterocycles. The molecule has 2 aromatic rings. The van der Waals surface area contributed by atoms with E-state index in [0.717, 1.165) is 11.1 Å². The van der Waals surface area contributed by atoms with Crippen LogP contribution in [0.1, 0.15) is 28.5 Å². The number of hydrogen-bond donors (Lipinski definition) is 1. The van der Waals surface area contributed by atoms with Crippen molar-refractivity contribution in [1.29, 1.82) is 0 Å². The summed E-state index contributed by atoms with van der Waals surface area (Å²) in [5.74, 6) is -0.276. The van der Waals surface area contributed by atoms with Crippen LogP contribution < -0.4 is 10.9 Å². The summed E-state index contributed by atoms with van der Waals surface area (Å²) >= 11 is 5.91. The summed E-state index contributed by atoms with van der Waals surface area (Å²) < 4.78 is 1.42. The highest BCUT2D eigenvalue weighted by Crippen LogP contribution is 2.29. The second-order valence-corrected chi connectivity index (χ2v) is 5.51. The fraction of sp³-hybridized carbons (Fsp3) is 0.200. The Bertz CT molecular complexity index is 764. The number of fused-ring (bicyclic) bond motifs is 1. The standard InChI is InChI=1S/C15H13ClN2O2/c1-9-3-5-10(6-4-9)15(2)17-13(19)12-8-7-11(16)14(20)18(12)15/h3-8H,1-2H3,(H,17,19). The minimum atomic E-state index is -0.915. The van der Waals surface area contributed by atoms with E-state index in [4.69, 9.17) is 11.6 Å². The first kappa shape index (κ1) is 12.9. The molecular weight excluding hydrogens is 276 g/mol. The number of amides is 1. The van der Waals surface area contributed by atoms with Crippen LogP contribution in [0.4, 0.5) is 0 Å². The third-order valence-electron chi connectivity index (χ3n) is 3.69. The molecule has 0 spiro atoms. The topological polar surface area (TPSA) is 51.1 Å². The number of aryl methyl sites for hydroxylation is 1. The van der Waals surface area contributed by atoms with Crippen LogP contribution in [-0.4, -0.2) is 10.5 Å². The molecule has 1 aromatic carbocycles. The van der Waals surface area contributed by atoms with Gasteiger partial charge in [0.15, 0.2) is 0 Å². The van der Waals surface area contributed by atoms with Gasteiger partial charge >= 0.3 is 0 Å². The van der Waals surface area contributed by atoms with Gasteiger partial charge < -0.3 is 5.32 Å². The molecule has 2 heterocycles. The molecule has 0 saturated carbocycles. The molecule has 0 radical (unpaired) electrons. The Morgan fingerprint density at radius 1 is 1.10 bits per heavy atom. The van der Waals surface area contributed by atoms with Gasteiger partial charge in [0.25, 0.3) is 11.5 Å². The lowest BCUT2D eigenvalue weighted by Crippen LogP contribution is -2.45. The molecule has 1 aliphatic rings. The van der Waals surface area contributed by atoms with Gasteiger partial charge in [-0.05, 0) is 31.5 Å². The van der Waals surface area contributed by atoms with Crippen LogP contribution in [0.5, 0.6) is 0 Å². The number of carbonyl (C=O) groups excluding carboxylic acids is 1. The zero-order chi connectivity index (χ0) is 14.5. The number of hydrogen-bond acceptors (Lipinski definition) is 2. The number of nitrogens with one attached hydrogen (secondary N) is 1. The van der Waals surface area contributed by atoms with Gasteiger partial charge in [0.2, 0.25) is 0 Å². The number of pyridine rings is 1. The maximum absolute atomic E-state index is 12.3. The molecule has 1 unspecified atom stereocenters. The lowest BCUT2D eigenvalue weighted by Gasteiger charge is -2.27. The van der Waals surface area contributed by atoms with Crippen molar-refractivity contribution in [3.05, 3.63) is 68.6 Å². The lowest BCUT2D eigenvalue weighted by molar-refractivity contribution is 0.0941. The molecule has 1 N–H and O–H groups in total. The number of halogens is 1. The van der Waals surface area contributed by atoms with Crippen LogP contribution in [0.15, 0.2) is 41.2 Å². The van der Waals surface area contributed by atoms with Crippen LogP contribution in [0.25, 0.3) is 0 Å². The normalized spacial score (nSPS) is 20.6.